The van der Waals surface area contributed by atoms with Crippen LogP contribution in [0.15, 0.2) is 18.2 Å². The number of phenols is 1. The third-order valence-electron chi connectivity index (χ3n) is 5.89. The molecule has 0 aromatic heterocycles. The van der Waals surface area contributed by atoms with Crippen molar-refractivity contribution in [2.75, 3.05) is 0 Å². The first-order valence-corrected chi connectivity index (χ1v) is 10.6. The summed E-state index contributed by atoms with van der Waals surface area (Å²) in [5.41, 5.74) is 4.00. The van der Waals surface area contributed by atoms with Gasteiger partial charge in [0, 0.05) is 0 Å². The lowest BCUT2D eigenvalue weighted by Crippen LogP contribution is -2.04. The maximum absolute atomic E-state index is 9.85. The van der Waals surface area contributed by atoms with Crippen molar-refractivity contribution in [3.05, 3.63) is 29.3 Å². The number of hydrogen-bond acceptors (Lipinski definition) is 1. The minimum atomic E-state index is 0.426. The Kier molecular flexibility index (Phi) is 7.40. The average molecular weight is 345 g/mol. The molecule has 0 aliphatic heterocycles. The third-order valence-corrected chi connectivity index (χ3v) is 5.89. The van der Waals surface area contributed by atoms with Crippen molar-refractivity contribution in [2.24, 2.45) is 10.8 Å². The van der Waals surface area contributed by atoms with E-state index < -0.39 is 0 Å². The lowest BCUT2D eigenvalue weighted by molar-refractivity contribution is 0.358. The molecule has 1 aromatic carbocycles. The summed E-state index contributed by atoms with van der Waals surface area (Å²) >= 11 is 0. The molecule has 0 saturated heterocycles. The largest absolute Gasteiger partial charge is 0.508 e. The van der Waals surface area contributed by atoms with Crippen molar-refractivity contribution >= 4 is 0 Å². The summed E-state index contributed by atoms with van der Waals surface area (Å²) in [6, 6.07) is 6.02. The van der Waals surface area contributed by atoms with Gasteiger partial charge in [0.25, 0.3) is 0 Å². The quantitative estimate of drug-likeness (QED) is 0.413. The summed E-state index contributed by atoms with van der Waals surface area (Å²) in [4.78, 5) is 0. The fraction of sp³-hybridized carbons (Fsp3) is 0.750. The minimum Gasteiger partial charge on any atom is -0.508 e. The van der Waals surface area contributed by atoms with Crippen LogP contribution < -0.4 is 0 Å². The molecule has 1 aliphatic carbocycles. The average Bonchev–Trinajstić information content (AvgIpc) is 3.25. The lowest BCUT2D eigenvalue weighted by atomic mass is 9.89. The van der Waals surface area contributed by atoms with Crippen molar-refractivity contribution in [3.8, 4) is 5.75 Å². The zero-order chi connectivity index (χ0) is 18.3. The van der Waals surface area contributed by atoms with Crippen LogP contribution in [0.4, 0.5) is 0 Å². The van der Waals surface area contributed by atoms with Gasteiger partial charge in [-0.3, -0.25) is 0 Å². The fourth-order valence-corrected chi connectivity index (χ4v) is 3.74. The van der Waals surface area contributed by atoms with Gasteiger partial charge in [-0.15, -0.1) is 0 Å². The van der Waals surface area contributed by atoms with Gasteiger partial charge in [-0.1, -0.05) is 59.4 Å². The van der Waals surface area contributed by atoms with E-state index in [-0.39, 0.29) is 0 Å². The minimum absolute atomic E-state index is 0.426. The van der Waals surface area contributed by atoms with Crippen molar-refractivity contribution < 1.29 is 5.11 Å². The third kappa shape index (κ3) is 8.29. The molecule has 1 fully saturated rings. The topological polar surface area (TPSA) is 20.2 Å². The first kappa shape index (κ1) is 20.3. The number of unbranched alkanes of at least 4 members (excludes halogenated alkanes) is 4. The SMILES string of the molecule is CC(C)(C)CCCCCc1cc(O)ccc1CCCCCC1(C)CC1. The lowest BCUT2D eigenvalue weighted by Gasteiger charge is -2.17. The zero-order valence-electron chi connectivity index (χ0n) is 17.2. The molecular weight excluding hydrogens is 304 g/mol. The van der Waals surface area contributed by atoms with Crippen LogP contribution in [0.5, 0.6) is 5.75 Å². The molecule has 1 nitrogen and oxygen atoms in total. The number of aryl methyl sites for hydroxylation is 2. The van der Waals surface area contributed by atoms with Gasteiger partial charge < -0.3 is 5.11 Å². The number of hydrogen-bond donors (Lipinski definition) is 1. The molecule has 0 atom stereocenters. The first-order valence-electron chi connectivity index (χ1n) is 10.6. The van der Waals surface area contributed by atoms with Crippen LogP contribution in [0.25, 0.3) is 0 Å². The summed E-state index contributed by atoms with van der Waals surface area (Å²) in [5.74, 6) is 0.426. The van der Waals surface area contributed by atoms with E-state index in [0.29, 0.717) is 16.6 Å². The highest BCUT2D eigenvalue weighted by Gasteiger charge is 2.35. The van der Waals surface area contributed by atoms with Crippen molar-refractivity contribution in [1.82, 2.24) is 0 Å². The van der Waals surface area contributed by atoms with Crippen LogP contribution in [-0.4, -0.2) is 5.11 Å². The maximum Gasteiger partial charge on any atom is 0.115 e. The van der Waals surface area contributed by atoms with E-state index in [4.69, 9.17) is 0 Å². The number of benzene rings is 1. The Hall–Kier alpha value is -0.980. The molecule has 2 rings (SSSR count). The van der Waals surface area contributed by atoms with Crippen LogP contribution in [-0.2, 0) is 12.8 Å². The van der Waals surface area contributed by atoms with Crippen LogP contribution in [0.3, 0.4) is 0 Å². The van der Waals surface area contributed by atoms with Crippen LogP contribution in [0.2, 0.25) is 0 Å². The molecule has 1 aliphatic rings. The number of phenolic OH excluding ortho intramolecular Hbond substituents is 1. The van der Waals surface area contributed by atoms with E-state index in [1.165, 1.54) is 81.8 Å². The van der Waals surface area contributed by atoms with Gasteiger partial charge in [0.15, 0.2) is 0 Å². The Morgan fingerprint density at radius 2 is 1.52 bits per heavy atom. The molecular formula is C24H40O. The second-order valence-corrected chi connectivity index (χ2v) is 9.95. The Morgan fingerprint density at radius 1 is 0.880 bits per heavy atom. The summed E-state index contributed by atoms with van der Waals surface area (Å²) in [6.45, 7) is 9.41. The van der Waals surface area contributed by atoms with E-state index in [9.17, 15) is 5.11 Å². The molecule has 0 radical (unpaired) electrons. The molecule has 0 spiro atoms. The second kappa shape index (κ2) is 9.10. The highest BCUT2D eigenvalue weighted by Crippen LogP contribution is 2.49. The molecule has 0 heterocycles. The smallest absolute Gasteiger partial charge is 0.115 e. The normalized spacial score (nSPS) is 16.2. The molecule has 142 valence electrons. The number of aromatic hydroxyl groups is 1. The number of rotatable bonds is 11. The highest BCUT2D eigenvalue weighted by molar-refractivity contribution is 5.35. The van der Waals surface area contributed by atoms with E-state index in [1.807, 2.05) is 12.1 Å². The Labute approximate surface area is 156 Å². The molecule has 1 N–H and O–H groups in total. The van der Waals surface area contributed by atoms with E-state index >= 15 is 0 Å². The highest BCUT2D eigenvalue weighted by atomic mass is 16.3. The van der Waals surface area contributed by atoms with Crippen molar-refractivity contribution in [1.29, 1.82) is 0 Å². The van der Waals surface area contributed by atoms with Crippen molar-refractivity contribution in [2.45, 2.75) is 105 Å². The molecule has 1 aromatic rings. The van der Waals surface area contributed by atoms with Crippen molar-refractivity contribution in [3.63, 3.8) is 0 Å². The van der Waals surface area contributed by atoms with E-state index in [0.717, 1.165) is 6.42 Å². The molecule has 25 heavy (non-hydrogen) atoms. The maximum atomic E-state index is 9.85. The van der Waals surface area contributed by atoms with Gasteiger partial charge in [0.05, 0.1) is 0 Å². The Morgan fingerprint density at radius 3 is 2.16 bits per heavy atom. The summed E-state index contributed by atoms with van der Waals surface area (Å²) in [6.07, 6.45) is 15.8. The summed E-state index contributed by atoms with van der Waals surface area (Å²) < 4.78 is 0. The molecule has 1 saturated carbocycles. The summed E-state index contributed by atoms with van der Waals surface area (Å²) in [5, 5.41) is 9.85. The Balaban J connectivity index is 1.70. The second-order valence-electron chi connectivity index (χ2n) is 9.95. The first-order chi connectivity index (χ1) is 11.8. The van der Waals surface area contributed by atoms with Gasteiger partial charge in [0.1, 0.15) is 5.75 Å². The molecule has 0 amide bonds. The van der Waals surface area contributed by atoms with Crippen LogP contribution >= 0.6 is 0 Å². The standard InChI is InChI=1S/C24H40O/c1-23(2,3)15-9-5-8-12-21-19-22(25)14-13-20(21)11-7-6-10-16-24(4)17-18-24/h13-14,19,25H,5-12,15-18H2,1-4H3. The van der Waals surface area contributed by atoms with Gasteiger partial charge in [-0.25, -0.2) is 0 Å². The molecule has 1 heteroatoms. The van der Waals surface area contributed by atoms with Gasteiger partial charge in [-0.05, 0) is 85.5 Å². The van der Waals surface area contributed by atoms with Gasteiger partial charge in [0.2, 0.25) is 0 Å². The van der Waals surface area contributed by atoms with Gasteiger partial charge >= 0.3 is 0 Å². The monoisotopic (exact) mass is 344 g/mol. The van der Waals surface area contributed by atoms with Crippen LogP contribution in [0, 0.1) is 10.8 Å². The van der Waals surface area contributed by atoms with E-state index in [2.05, 4.69) is 33.8 Å². The molecule has 0 bridgehead atoms. The summed E-state index contributed by atoms with van der Waals surface area (Å²) in [7, 11) is 0. The predicted octanol–water partition coefficient (Wildman–Crippen LogP) is 7.44. The zero-order valence-corrected chi connectivity index (χ0v) is 17.2. The van der Waals surface area contributed by atoms with Crippen LogP contribution in [0.1, 0.15) is 103 Å². The Bertz CT molecular complexity index is 519. The fourth-order valence-electron chi connectivity index (χ4n) is 3.74. The van der Waals surface area contributed by atoms with Gasteiger partial charge in [-0.2, -0.15) is 0 Å². The predicted molar refractivity (Wildman–Crippen MR) is 109 cm³/mol. The van der Waals surface area contributed by atoms with E-state index in [1.54, 1.807) is 0 Å². The molecule has 0 unspecified atom stereocenters.